The Balaban J connectivity index is 2.33. The van der Waals surface area contributed by atoms with Gasteiger partial charge in [0, 0.05) is 24.3 Å². The van der Waals surface area contributed by atoms with Crippen LogP contribution in [0, 0.1) is 0 Å². The largest absolute Gasteiger partial charge is 0.330 e. The summed E-state index contributed by atoms with van der Waals surface area (Å²) in [5, 5.41) is -0.268. The van der Waals surface area contributed by atoms with E-state index >= 15 is 0 Å². The van der Waals surface area contributed by atoms with E-state index in [9.17, 15) is 8.42 Å². The molecule has 0 amide bonds. The van der Waals surface area contributed by atoms with Crippen LogP contribution in [0.4, 0.5) is 0 Å². The molecule has 0 aliphatic carbocycles. The Morgan fingerprint density at radius 3 is 2.65 bits per heavy atom. The molecule has 2 N–H and O–H groups in total. The van der Waals surface area contributed by atoms with Gasteiger partial charge >= 0.3 is 0 Å². The number of rotatable bonds is 7. The SMILES string of the molecule is CS(=O)(=O)C1CSCCN1CCCCCCN. The van der Waals surface area contributed by atoms with Crippen molar-refractivity contribution in [2.45, 2.75) is 31.1 Å². The van der Waals surface area contributed by atoms with Crippen LogP contribution in [0.5, 0.6) is 0 Å². The molecule has 1 aliphatic heterocycles. The Kier molecular flexibility index (Phi) is 6.84. The second-order valence-corrected chi connectivity index (χ2v) is 7.95. The van der Waals surface area contributed by atoms with Crippen molar-refractivity contribution in [2.24, 2.45) is 5.73 Å². The standard InChI is InChI=1S/C11H24N2O2S2/c1-17(14,15)11-10-16-9-8-13(11)7-5-3-2-4-6-12/h11H,2-10,12H2,1H3. The second kappa shape index (κ2) is 7.61. The van der Waals surface area contributed by atoms with E-state index in [1.165, 1.54) is 6.26 Å². The lowest BCUT2D eigenvalue weighted by Gasteiger charge is -2.33. The molecule has 1 aliphatic rings. The van der Waals surface area contributed by atoms with Crippen LogP contribution in [0.1, 0.15) is 25.7 Å². The monoisotopic (exact) mass is 280 g/mol. The van der Waals surface area contributed by atoms with Gasteiger partial charge in [-0.25, -0.2) is 8.42 Å². The van der Waals surface area contributed by atoms with Crippen LogP contribution in [-0.4, -0.2) is 56.1 Å². The summed E-state index contributed by atoms with van der Waals surface area (Å²) < 4.78 is 23.3. The molecule has 1 saturated heterocycles. The average Bonchev–Trinajstić information content (AvgIpc) is 2.28. The molecule has 4 nitrogen and oxygen atoms in total. The molecular formula is C11H24N2O2S2. The first kappa shape index (κ1) is 15.3. The lowest BCUT2D eigenvalue weighted by atomic mass is 10.2. The van der Waals surface area contributed by atoms with E-state index < -0.39 is 9.84 Å². The number of sulfone groups is 1. The van der Waals surface area contributed by atoms with Gasteiger partial charge in [-0.3, -0.25) is 4.90 Å². The van der Waals surface area contributed by atoms with Gasteiger partial charge in [0.1, 0.15) is 5.37 Å². The van der Waals surface area contributed by atoms with E-state index in [4.69, 9.17) is 5.73 Å². The molecule has 0 radical (unpaired) electrons. The van der Waals surface area contributed by atoms with E-state index in [1.54, 1.807) is 11.8 Å². The Morgan fingerprint density at radius 2 is 2.00 bits per heavy atom. The molecule has 0 spiro atoms. The fraction of sp³-hybridized carbons (Fsp3) is 1.00. The van der Waals surface area contributed by atoms with Gasteiger partial charge in [0.05, 0.1) is 0 Å². The second-order valence-electron chi connectivity index (χ2n) is 4.60. The Bertz CT molecular complexity index is 307. The van der Waals surface area contributed by atoms with Gasteiger partial charge in [0.15, 0.2) is 9.84 Å². The molecule has 6 heteroatoms. The maximum atomic E-state index is 11.7. The van der Waals surface area contributed by atoms with E-state index in [0.717, 1.165) is 56.8 Å². The third-order valence-corrected chi connectivity index (χ3v) is 5.77. The summed E-state index contributed by atoms with van der Waals surface area (Å²) in [4.78, 5) is 2.13. The fourth-order valence-corrected chi connectivity index (χ4v) is 5.05. The molecule has 1 heterocycles. The first-order chi connectivity index (χ1) is 8.05. The number of hydrogen-bond donors (Lipinski definition) is 1. The van der Waals surface area contributed by atoms with Gasteiger partial charge in [0.2, 0.25) is 0 Å². The van der Waals surface area contributed by atoms with Crippen molar-refractivity contribution in [3.05, 3.63) is 0 Å². The normalized spacial score (nSPS) is 22.8. The van der Waals surface area contributed by atoms with Gasteiger partial charge in [-0.2, -0.15) is 11.8 Å². The van der Waals surface area contributed by atoms with Crippen molar-refractivity contribution < 1.29 is 8.42 Å². The highest BCUT2D eigenvalue weighted by molar-refractivity contribution is 8.00. The molecule has 0 aromatic heterocycles. The van der Waals surface area contributed by atoms with Crippen LogP contribution in [0.3, 0.4) is 0 Å². The minimum Gasteiger partial charge on any atom is -0.330 e. The Labute approximate surface area is 109 Å². The van der Waals surface area contributed by atoms with Crippen LogP contribution >= 0.6 is 11.8 Å². The summed E-state index contributed by atoms with van der Waals surface area (Å²) >= 11 is 1.74. The maximum absolute atomic E-state index is 11.7. The molecule has 0 aromatic rings. The number of nitrogens with two attached hydrogens (primary N) is 1. The maximum Gasteiger partial charge on any atom is 0.164 e. The van der Waals surface area contributed by atoms with Crippen molar-refractivity contribution in [3.8, 4) is 0 Å². The molecule has 0 aromatic carbocycles. The number of unbranched alkanes of at least 4 members (excludes halogenated alkanes) is 3. The zero-order valence-corrected chi connectivity index (χ0v) is 12.2. The molecule has 0 saturated carbocycles. The Morgan fingerprint density at radius 1 is 1.29 bits per heavy atom. The van der Waals surface area contributed by atoms with Gasteiger partial charge in [-0.15, -0.1) is 0 Å². The predicted octanol–water partition coefficient (Wildman–Crippen LogP) is 0.925. The molecule has 1 atom stereocenters. The molecule has 1 fully saturated rings. The number of hydrogen-bond acceptors (Lipinski definition) is 5. The lowest BCUT2D eigenvalue weighted by molar-refractivity contribution is 0.264. The zero-order chi connectivity index (χ0) is 12.7. The minimum atomic E-state index is -2.94. The first-order valence-corrected chi connectivity index (χ1v) is 9.37. The topological polar surface area (TPSA) is 63.4 Å². The predicted molar refractivity (Wildman–Crippen MR) is 75.1 cm³/mol. The molecule has 0 bridgehead atoms. The van der Waals surface area contributed by atoms with Crippen molar-refractivity contribution in [3.63, 3.8) is 0 Å². The summed E-state index contributed by atoms with van der Waals surface area (Å²) in [6.45, 7) is 2.56. The fourth-order valence-electron chi connectivity index (χ4n) is 2.08. The van der Waals surface area contributed by atoms with Gasteiger partial charge in [0.25, 0.3) is 0 Å². The summed E-state index contributed by atoms with van der Waals surface area (Å²) in [7, 11) is -2.94. The van der Waals surface area contributed by atoms with Gasteiger partial charge in [-0.1, -0.05) is 12.8 Å². The highest BCUT2D eigenvalue weighted by atomic mass is 32.2. The van der Waals surface area contributed by atoms with E-state index in [2.05, 4.69) is 4.90 Å². The third-order valence-electron chi connectivity index (χ3n) is 3.08. The quantitative estimate of drug-likeness (QED) is 0.703. The third kappa shape index (κ3) is 5.59. The molecule has 1 unspecified atom stereocenters. The molecular weight excluding hydrogens is 256 g/mol. The van der Waals surface area contributed by atoms with E-state index in [-0.39, 0.29) is 5.37 Å². The summed E-state index contributed by atoms with van der Waals surface area (Å²) in [6.07, 6.45) is 5.81. The van der Waals surface area contributed by atoms with E-state index in [0.29, 0.717) is 0 Å². The van der Waals surface area contributed by atoms with Crippen LogP contribution < -0.4 is 5.73 Å². The summed E-state index contributed by atoms with van der Waals surface area (Å²) in [5.41, 5.74) is 5.44. The van der Waals surface area contributed by atoms with Crippen molar-refractivity contribution in [2.75, 3.05) is 37.4 Å². The highest BCUT2D eigenvalue weighted by Gasteiger charge is 2.30. The van der Waals surface area contributed by atoms with Crippen LogP contribution in [0.25, 0.3) is 0 Å². The van der Waals surface area contributed by atoms with Gasteiger partial charge in [-0.05, 0) is 25.9 Å². The van der Waals surface area contributed by atoms with Crippen molar-refractivity contribution >= 4 is 21.6 Å². The molecule has 1 rings (SSSR count). The van der Waals surface area contributed by atoms with Crippen molar-refractivity contribution in [1.29, 1.82) is 0 Å². The summed E-state index contributed by atoms with van der Waals surface area (Å²) in [5.74, 6) is 1.77. The summed E-state index contributed by atoms with van der Waals surface area (Å²) in [6, 6.07) is 0. The van der Waals surface area contributed by atoms with Crippen molar-refractivity contribution in [1.82, 2.24) is 4.90 Å². The lowest BCUT2D eigenvalue weighted by Crippen LogP contribution is -2.47. The molecule has 17 heavy (non-hydrogen) atoms. The number of thioether (sulfide) groups is 1. The average molecular weight is 280 g/mol. The van der Waals surface area contributed by atoms with Crippen LogP contribution in [0.15, 0.2) is 0 Å². The van der Waals surface area contributed by atoms with Crippen LogP contribution in [-0.2, 0) is 9.84 Å². The van der Waals surface area contributed by atoms with E-state index in [1.807, 2.05) is 0 Å². The smallest absolute Gasteiger partial charge is 0.164 e. The zero-order valence-electron chi connectivity index (χ0n) is 10.6. The minimum absolute atomic E-state index is 0.268. The van der Waals surface area contributed by atoms with Gasteiger partial charge < -0.3 is 5.73 Å². The Hall–Kier alpha value is 0.220. The van der Waals surface area contributed by atoms with Crippen LogP contribution in [0.2, 0.25) is 0 Å². The number of nitrogens with zero attached hydrogens (tertiary/aromatic N) is 1. The molecule has 102 valence electrons. The highest BCUT2D eigenvalue weighted by Crippen LogP contribution is 2.20. The first-order valence-electron chi connectivity index (χ1n) is 6.26.